The van der Waals surface area contributed by atoms with E-state index in [2.05, 4.69) is 16.0 Å². The number of nitrogens with zero attached hydrogens (tertiary/aromatic N) is 1. The average Bonchev–Trinajstić information content (AvgIpc) is 2.92. The molecule has 23 heavy (non-hydrogen) atoms. The van der Waals surface area contributed by atoms with Crippen molar-refractivity contribution in [2.24, 2.45) is 5.92 Å². The highest BCUT2D eigenvalue weighted by atomic mass is 16.5. The molecule has 5 nitrogen and oxygen atoms in total. The topological polar surface area (TPSA) is 65.6 Å². The zero-order valence-corrected chi connectivity index (χ0v) is 13.3. The predicted molar refractivity (Wildman–Crippen MR) is 87.8 cm³/mol. The van der Waals surface area contributed by atoms with Gasteiger partial charge in [-0.25, -0.2) is 0 Å². The van der Waals surface area contributed by atoms with Crippen molar-refractivity contribution in [1.29, 1.82) is 0 Å². The molecule has 0 aliphatic carbocycles. The molecule has 2 aliphatic heterocycles. The lowest BCUT2D eigenvalue weighted by Gasteiger charge is -2.42. The van der Waals surface area contributed by atoms with Gasteiger partial charge in [-0.2, -0.15) is 0 Å². The van der Waals surface area contributed by atoms with Crippen LogP contribution in [0.25, 0.3) is 10.9 Å². The number of hydrogen-bond donors (Lipinski definition) is 2. The molecule has 1 aromatic carbocycles. The van der Waals surface area contributed by atoms with Crippen molar-refractivity contribution in [3.8, 4) is 5.75 Å². The molecule has 1 saturated heterocycles. The number of aromatic nitrogens is 1. The van der Waals surface area contributed by atoms with Crippen molar-refractivity contribution in [2.45, 2.75) is 32.2 Å². The van der Waals surface area contributed by atoms with Crippen LogP contribution < -0.4 is 4.74 Å². The van der Waals surface area contributed by atoms with Crippen LogP contribution in [0.15, 0.2) is 18.2 Å². The Labute approximate surface area is 135 Å². The van der Waals surface area contributed by atoms with Crippen molar-refractivity contribution >= 4 is 16.9 Å². The third kappa shape index (κ3) is 2.30. The molecule has 122 valence electrons. The number of carbonyl (C=O) groups is 1. The van der Waals surface area contributed by atoms with E-state index in [4.69, 9.17) is 4.74 Å². The largest absolute Gasteiger partial charge is 0.494 e. The summed E-state index contributed by atoms with van der Waals surface area (Å²) in [5, 5.41) is 10.8. The first kappa shape index (κ1) is 14.6. The van der Waals surface area contributed by atoms with Crippen LogP contribution in [0.4, 0.5) is 0 Å². The standard InChI is InChI=1S/C18H22N2O3/c1-2-23-11-5-6-15-14(10-11)12-7-9-20-8-3-4-13(18(21)22)17(20)16(12)19-15/h5-6,10,13,17,19H,2-4,7-9H2,1H3,(H,21,22)/t13-,17?/m0/s1. The van der Waals surface area contributed by atoms with Crippen molar-refractivity contribution < 1.29 is 14.6 Å². The molecule has 4 rings (SSSR count). The van der Waals surface area contributed by atoms with Crippen LogP contribution >= 0.6 is 0 Å². The fraction of sp³-hybridized carbons (Fsp3) is 0.500. The molecule has 3 heterocycles. The van der Waals surface area contributed by atoms with Crippen LogP contribution in [0, 0.1) is 5.92 Å². The van der Waals surface area contributed by atoms with Gasteiger partial charge in [0, 0.05) is 23.1 Å². The first-order valence-electron chi connectivity index (χ1n) is 8.43. The molecular formula is C18H22N2O3. The van der Waals surface area contributed by atoms with Gasteiger partial charge in [0.25, 0.3) is 0 Å². The molecule has 2 atom stereocenters. The Morgan fingerprint density at radius 3 is 3.09 bits per heavy atom. The van der Waals surface area contributed by atoms with Crippen molar-refractivity contribution in [2.75, 3.05) is 19.7 Å². The lowest BCUT2D eigenvalue weighted by Crippen LogP contribution is -2.45. The number of benzene rings is 1. The normalized spacial score (nSPS) is 24.2. The maximum absolute atomic E-state index is 11.7. The summed E-state index contributed by atoms with van der Waals surface area (Å²) in [5.74, 6) is -0.119. The number of H-pyrrole nitrogens is 1. The molecule has 1 aromatic heterocycles. The molecule has 1 unspecified atom stereocenters. The van der Waals surface area contributed by atoms with Crippen LogP contribution in [0.2, 0.25) is 0 Å². The number of rotatable bonds is 3. The molecular weight excluding hydrogens is 292 g/mol. The minimum absolute atomic E-state index is 0.0204. The fourth-order valence-electron chi connectivity index (χ4n) is 4.24. The van der Waals surface area contributed by atoms with Gasteiger partial charge in [0.15, 0.2) is 0 Å². The maximum Gasteiger partial charge on any atom is 0.308 e. The van der Waals surface area contributed by atoms with Gasteiger partial charge in [-0.05, 0) is 56.5 Å². The zero-order valence-electron chi connectivity index (χ0n) is 13.3. The molecule has 2 aliphatic rings. The Bertz CT molecular complexity index is 752. The molecule has 0 spiro atoms. The van der Waals surface area contributed by atoms with E-state index >= 15 is 0 Å². The number of nitrogens with one attached hydrogen (secondary N) is 1. The number of ether oxygens (including phenoxy) is 1. The molecule has 0 radical (unpaired) electrons. The Morgan fingerprint density at radius 2 is 2.30 bits per heavy atom. The minimum Gasteiger partial charge on any atom is -0.494 e. The Kier molecular flexibility index (Phi) is 3.53. The van der Waals surface area contributed by atoms with E-state index in [0.717, 1.165) is 49.3 Å². The summed E-state index contributed by atoms with van der Waals surface area (Å²) >= 11 is 0. The Balaban J connectivity index is 1.82. The number of aliphatic carboxylic acids is 1. The molecule has 0 bridgehead atoms. The summed E-state index contributed by atoms with van der Waals surface area (Å²) in [4.78, 5) is 17.6. The number of carboxylic acid groups (broad SMARTS) is 1. The number of fused-ring (bicyclic) bond motifs is 5. The number of piperidine rings is 1. The molecule has 2 N–H and O–H groups in total. The highest BCUT2D eigenvalue weighted by Crippen LogP contribution is 2.43. The number of aromatic amines is 1. The summed E-state index contributed by atoms with van der Waals surface area (Å²) in [6, 6.07) is 6.08. The van der Waals surface area contributed by atoms with Crippen molar-refractivity contribution in [3.05, 3.63) is 29.5 Å². The van der Waals surface area contributed by atoms with Gasteiger partial charge < -0.3 is 14.8 Å². The van der Waals surface area contributed by atoms with Crippen LogP contribution in [0.5, 0.6) is 5.75 Å². The van der Waals surface area contributed by atoms with Gasteiger partial charge in [0.1, 0.15) is 5.75 Å². The monoisotopic (exact) mass is 314 g/mol. The summed E-state index contributed by atoms with van der Waals surface area (Å²) in [6.45, 7) is 4.56. The van der Waals surface area contributed by atoms with Gasteiger partial charge in [-0.3, -0.25) is 9.69 Å². The quantitative estimate of drug-likeness (QED) is 0.914. The highest BCUT2D eigenvalue weighted by Gasteiger charge is 2.41. The second-order valence-electron chi connectivity index (χ2n) is 6.48. The summed E-state index contributed by atoms with van der Waals surface area (Å²) in [7, 11) is 0. The van der Waals surface area contributed by atoms with E-state index in [1.807, 2.05) is 19.1 Å². The second-order valence-corrected chi connectivity index (χ2v) is 6.48. The van der Waals surface area contributed by atoms with Crippen LogP contribution in [0.3, 0.4) is 0 Å². The van der Waals surface area contributed by atoms with E-state index in [1.165, 1.54) is 10.9 Å². The van der Waals surface area contributed by atoms with E-state index in [1.54, 1.807) is 0 Å². The third-order valence-corrected chi connectivity index (χ3v) is 5.22. The van der Waals surface area contributed by atoms with Gasteiger partial charge in [-0.15, -0.1) is 0 Å². The summed E-state index contributed by atoms with van der Waals surface area (Å²) < 4.78 is 5.62. The molecule has 0 saturated carbocycles. The van der Waals surface area contributed by atoms with Crippen molar-refractivity contribution in [1.82, 2.24) is 9.88 Å². The van der Waals surface area contributed by atoms with Crippen LogP contribution in [0.1, 0.15) is 37.1 Å². The zero-order chi connectivity index (χ0) is 16.0. The maximum atomic E-state index is 11.7. The summed E-state index contributed by atoms with van der Waals surface area (Å²) in [6.07, 6.45) is 2.70. The third-order valence-electron chi connectivity index (χ3n) is 5.22. The Morgan fingerprint density at radius 1 is 1.43 bits per heavy atom. The molecule has 2 aromatic rings. The smallest absolute Gasteiger partial charge is 0.308 e. The molecule has 1 fully saturated rings. The predicted octanol–water partition coefficient (Wildman–Crippen LogP) is 2.96. The average molecular weight is 314 g/mol. The van der Waals surface area contributed by atoms with Crippen LogP contribution in [-0.4, -0.2) is 40.7 Å². The lowest BCUT2D eigenvalue weighted by atomic mass is 9.82. The van der Waals surface area contributed by atoms with Crippen molar-refractivity contribution in [3.63, 3.8) is 0 Å². The first-order chi connectivity index (χ1) is 11.2. The molecule has 5 heteroatoms. The lowest BCUT2D eigenvalue weighted by molar-refractivity contribution is -0.146. The molecule has 0 amide bonds. The van der Waals surface area contributed by atoms with Gasteiger partial charge >= 0.3 is 5.97 Å². The highest BCUT2D eigenvalue weighted by molar-refractivity contribution is 5.87. The minimum atomic E-state index is -0.679. The van der Waals surface area contributed by atoms with E-state index in [9.17, 15) is 9.90 Å². The van der Waals surface area contributed by atoms with E-state index < -0.39 is 5.97 Å². The number of carboxylic acids is 1. The van der Waals surface area contributed by atoms with Gasteiger partial charge in [0.2, 0.25) is 0 Å². The SMILES string of the molecule is CCOc1ccc2[nH]c3c(c2c1)CCN1CCC[C@H](C(=O)O)C31. The number of hydrogen-bond acceptors (Lipinski definition) is 3. The van der Waals surface area contributed by atoms with Gasteiger partial charge in [-0.1, -0.05) is 0 Å². The second kappa shape index (κ2) is 5.57. The first-order valence-corrected chi connectivity index (χ1v) is 8.43. The van der Waals surface area contributed by atoms with E-state index in [0.29, 0.717) is 6.61 Å². The van der Waals surface area contributed by atoms with Gasteiger partial charge in [0.05, 0.1) is 18.6 Å². The van der Waals surface area contributed by atoms with E-state index in [-0.39, 0.29) is 12.0 Å². The van der Waals surface area contributed by atoms with Crippen LogP contribution in [-0.2, 0) is 11.2 Å². The summed E-state index contributed by atoms with van der Waals surface area (Å²) in [5.41, 5.74) is 3.46. The fourth-order valence-corrected chi connectivity index (χ4v) is 4.24. The Hall–Kier alpha value is -2.01.